The van der Waals surface area contributed by atoms with E-state index in [2.05, 4.69) is 20.3 Å². The molecule has 0 aliphatic carbocycles. The number of thiazole rings is 1. The summed E-state index contributed by atoms with van der Waals surface area (Å²) in [6.45, 7) is 0.935. The van der Waals surface area contributed by atoms with Gasteiger partial charge in [-0.25, -0.2) is 14.6 Å². The summed E-state index contributed by atoms with van der Waals surface area (Å²) in [5.74, 6) is -4.10. The summed E-state index contributed by atoms with van der Waals surface area (Å²) < 4.78 is 0.0126. The number of carboxylic acid groups (broad SMARTS) is 2. The van der Waals surface area contributed by atoms with Crippen LogP contribution in [0.15, 0.2) is 16.9 Å². The van der Waals surface area contributed by atoms with Gasteiger partial charge < -0.3 is 26.1 Å². The van der Waals surface area contributed by atoms with E-state index in [1.807, 2.05) is 0 Å². The Kier molecular flexibility index (Phi) is 6.19. The fourth-order valence-electron chi connectivity index (χ4n) is 2.75. The second kappa shape index (κ2) is 8.49. The Labute approximate surface area is 181 Å². The molecular weight excluding hydrogens is 462 g/mol. The van der Waals surface area contributed by atoms with Crippen molar-refractivity contribution >= 4 is 69.3 Å². The molecule has 160 valence electrons. The number of amides is 2. The number of aromatic nitrogens is 1. The standard InChI is InChI=1S/C15H14ClN5O7S2/c1-4-2-5(14(26)27)21-12(25)9(13(21)29-4)18-11(24)8(20-28-3-6(22)23)7-10(16)30-15(17)19-7/h2,4,9,13H,3H2,1H3,(H2,17,19)(H,18,24)(H,22,23)(H,26,27)/t4?,9?,13-/m1/s1. The number of hydrogen-bond donors (Lipinski definition) is 4. The molecule has 0 saturated carbocycles. The van der Waals surface area contributed by atoms with Gasteiger partial charge in [-0.3, -0.25) is 14.5 Å². The second-order valence-corrected chi connectivity index (χ2v) is 9.16. The summed E-state index contributed by atoms with van der Waals surface area (Å²) in [5, 5.41) is 23.1. The first-order valence-electron chi connectivity index (χ1n) is 8.18. The summed E-state index contributed by atoms with van der Waals surface area (Å²) in [5.41, 5.74) is 4.81. The van der Waals surface area contributed by atoms with E-state index in [1.165, 1.54) is 17.8 Å². The highest BCUT2D eigenvalue weighted by molar-refractivity contribution is 8.00. The molecule has 15 heteroatoms. The minimum Gasteiger partial charge on any atom is -0.479 e. The van der Waals surface area contributed by atoms with Gasteiger partial charge in [-0.15, -0.1) is 11.8 Å². The molecule has 2 amide bonds. The van der Waals surface area contributed by atoms with Gasteiger partial charge in [-0.2, -0.15) is 0 Å². The molecule has 2 aliphatic heterocycles. The van der Waals surface area contributed by atoms with E-state index in [9.17, 15) is 24.3 Å². The Morgan fingerprint density at radius 1 is 1.43 bits per heavy atom. The second-order valence-electron chi connectivity index (χ2n) is 6.03. The number of carbonyl (C=O) groups is 4. The number of aliphatic carboxylic acids is 2. The number of fused-ring (bicyclic) bond motifs is 1. The maximum Gasteiger partial charge on any atom is 0.352 e. The molecule has 30 heavy (non-hydrogen) atoms. The molecule has 0 spiro atoms. The van der Waals surface area contributed by atoms with E-state index in [0.717, 1.165) is 16.2 Å². The highest BCUT2D eigenvalue weighted by Gasteiger charge is 2.54. The quantitative estimate of drug-likeness (QED) is 0.236. The van der Waals surface area contributed by atoms with E-state index in [0.29, 0.717) is 0 Å². The molecule has 12 nitrogen and oxygen atoms in total. The number of halogens is 1. The van der Waals surface area contributed by atoms with Crippen molar-refractivity contribution in [2.24, 2.45) is 5.16 Å². The van der Waals surface area contributed by atoms with Crippen molar-refractivity contribution in [2.45, 2.75) is 23.6 Å². The first kappa shape index (κ1) is 21.9. The summed E-state index contributed by atoms with van der Waals surface area (Å²) in [4.78, 5) is 56.9. The van der Waals surface area contributed by atoms with Crippen LogP contribution in [-0.4, -0.2) is 72.8 Å². The first-order valence-corrected chi connectivity index (χ1v) is 10.3. The minimum atomic E-state index is -1.33. The number of hydrogen-bond acceptors (Lipinski definition) is 10. The molecule has 0 aromatic carbocycles. The molecule has 1 aromatic heterocycles. The predicted octanol–water partition coefficient (Wildman–Crippen LogP) is -0.0591. The number of carbonyl (C=O) groups excluding carboxylic acids is 2. The summed E-state index contributed by atoms with van der Waals surface area (Å²) in [6, 6.07) is -1.03. The van der Waals surface area contributed by atoms with E-state index < -0.39 is 47.5 Å². The van der Waals surface area contributed by atoms with E-state index >= 15 is 0 Å². The third-order valence-corrected chi connectivity index (χ3v) is 6.35. The number of rotatable bonds is 7. The fourth-order valence-corrected chi connectivity index (χ4v) is 5.00. The van der Waals surface area contributed by atoms with Crippen LogP contribution < -0.4 is 11.1 Å². The van der Waals surface area contributed by atoms with Gasteiger partial charge in [0.1, 0.15) is 27.1 Å². The summed E-state index contributed by atoms with van der Waals surface area (Å²) >= 11 is 8.17. The number of carboxylic acids is 2. The Bertz CT molecular complexity index is 994. The van der Waals surface area contributed by atoms with Crippen molar-refractivity contribution in [2.75, 3.05) is 12.3 Å². The number of nitrogens with one attached hydrogen (secondary N) is 1. The lowest BCUT2D eigenvalue weighted by molar-refractivity contribution is -0.150. The number of nitrogens with two attached hydrogens (primary N) is 1. The molecule has 1 fully saturated rings. The van der Waals surface area contributed by atoms with Gasteiger partial charge in [0.15, 0.2) is 10.8 Å². The van der Waals surface area contributed by atoms with Gasteiger partial charge in [0.25, 0.3) is 11.8 Å². The van der Waals surface area contributed by atoms with Crippen LogP contribution in [0.3, 0.4) is 0 Å². The van der Waals surface area contributed by atoms with E-state index in [4.69, 9.17) is 22.4 Å². The number of nitrogen functional groups attached to an aromatic ring is 1. The van der Waals surface area contributed by atoms with Crippen LogP contribution in [0.2, 0.25) is 4.34 Å². The zero-order chi connectivity index (χ0) is 22.2. The number of nitrogens with zero attached hydrogens (tertiary/aromatic N) is 3. The minimum absolute atomic E-state index is 0.0126. The monoisotopic (exact) mass is 475 g/mol. The average Bonchev–Trinajstić information content (AvgIpc) is 2.99. The molecule has 0 radical (unpaired) electrons. The van der Waals surface area contributed by atoms with Crippen LogP contribution in [0.25, 0.3) is 0 Å². The molecule has 2 unspecified atom stereocenters. The predicted molar refractivity (Wildman–Crippen MR) is 107 cm³/mol. The van der Waals surface area contributed by atoms with Gasteiger partial charge in [0, 0.05) is 5.25 Å². The van der Waals surface area contributed by atoms with Crippen molar-refractivity contribution in [3.63, 3.8) is 0 Å². The molecule has 1 aromatic rings. The molecule has 3 atom stereocenters. The SMILES string of the molecule is CC1C=C(C(=O)O)N2C(=O)C(NC(=O)C(=NOCC(=O)O)c3nc(N)sc3Cl)[C@H]2S1. The third-order valence-electron chi connectivity index (χ3n) is 3.94. The largest absolute Gasteiger partial charge is 0.479 e. The third kappa shape index (κ3) is 4.20. The fraction of sp³-hybridized carbons (Fsp3) is 0.333. The number of β-lactam (4-membered cyclic amide) rings is 1. The summed E-state index contributed by atoms with van der Waals surface area (Å²) in [6.07, 6.45) is 1.45. The lowest BCUT2D eigenvalue weighted by atomic mass is 10.0. The topological polar surface area (TPSA) is 185 Å². The van der Waals surface area contributed by atoms with Gasteiger partial charge in [-0.1, -0.05) is 28.1 Å². The van der Waals surface area contributed by atoms with Gasteiger partial charge in [0.05, 0.1) is 0 Å². The Balaban J connectivity index is 1.82. The van der Waals surface area contributed by atoms with Crippen LogP contribution >= 0.6 is 34.7 Å². The van der Waals surface area contributed by atoms with Gasteiger partial charge in [-0.05, 0) is 13.0 Å². The van der Waals surface area contributed by atoms with Gasteiger partial charge in [0.2, 0.25) is 6.61 Å². The molecular formula is C15H14ClN5O7S2. The van der Waals surface area contributed by atoms with Gasteiger partial charge >= 0.3 is 11.9 Å². The number of anilines is 1. The Morgan fingerprint density at radius 2 is 2.13 bits per heavy atom. The molecule has 1 saturated heterocycles. The number of thioether (sulfide) groups is 1. The zero-order valence-electron chi connectivity index (χ0n) is 15.1. The molecule has 3 rings (SSSR count). The maximum absolute atomic E-state index is 12.8. The Morgan fingerprint density at radius 3 is 2.70 bits per heavy atom. The zero-order valence-corrected chi connectivity index (χ0v) is 17.5. The molecule has 0 bridgehead atoms. The van der Waals surface area contributed by atoms with Crippen LogP contribution in [0, 0.1) is 0 Å². The van der Waals surface area contributed by atoms with Crippen LogP contribution in [-0.2, 0) is 24.0 Å². The Hall–Kier alpha value is -2.84. The van der Waals surface area contributed by atoms with E-state index in [1.54, 1.807) is 6.92 Å². The molecule has 5 N–H and O–H groups in total. The van der Waals surface area contributed by atoms with Crippen LogP contribution in [0.4, 0.5) is 5.13 Å². The van der Waals surface area contributed by atoms with E-state index in [-0.39, 0.29) is 26.1 Å². The van der Waals surface area contributed by atoms with Crippen LogP contribution in [0.5, 0.6) is 0 Å². The average molecular weight is 476 g/mol. The highest BCUT2D eigenvalue weighted by Crippen LogP contribution is 2.40. The van der Waals surface area contributed by atoms with Crippen molar-refractivity contribution in [3.05, 3.63) is 21.8 Å². The molecule has 3 heterocycles. The lowest BCUT2D eigenvalue weighted by Gasteiger charge is -2.49. The smallest absolute Gasteiger partial charge is 0.352 e. The van der Waals surface area contributed by atoms with Crippen molar-refractivity contribution in [1.29, 1.82) is 0 Å². The van der Waals surface area contributed by atoms with Crippen molar-refractivity contribution < 1.29 is 34.2 Å². The maximum atomic E-state index is 12.8. The normalized spacial score (nSPS) is 23.2. The van der Waals surface area contributed by atoms with Crippen LogP contribution in [0.1, 0.15) is 12.6 Å². The first-order chi connectivity index (χ1) is 14.1. The molecule has 2 aliphatic rings. The van der Waals surface area contributed by atoms with Crippen molar-refractivity contribution in [1.82, 2.24) is 15.2 Å². The lowest BCUT2D eigenvalue weighted by Crippen LogP contribution is -2.71. The highest BCUT2D eigenvalue weighted by atomic mass is 35.5. The number of oxime groups is 1. The van der Waals surface area contributed by atoms with Crippen molar-refractivity contribution in [3.8, 4) is 0 Å². The summed E-state index contributed by atoms with van der Waals surface area (Å²) in [7, 11) is 0.